The fourth-order valence-electron chi connectivity index (χ4n) is 2.80. The van der Waals surface area contributed by atoms with E-state index in [1.54, 1.807) is 0 Å². The number of ether oxygens (including phenoxy) is 1. The van der Waals surface area contributed by atoms with Gasteiger partial charge in [-0.2, -0.15) is 0 Å². The summed E-state index contributed by atoms with van der Waals surface area (Å²) >= 11 is 0. The first kappa shape index (κ1) is 22.8. The number of aliphatic hydroxyl groups is 2. The molecule has 0 rings (SSSR count). The number of nitrogens with zero attached hydrogens (tertiary/aromatic N) is 1. The Balaban J connectivity index is 3.15. The first-order valence-corrected chi connectivity index (χ1v) is 9.87. The number of rotatable bonds is 19. The van der Waals surface area contributed by atoms with E-state index in [-0.39, 0.29) is 13.2 Å². The minimum atomic E-state index is 0.152. The van der Waals surface area contributed by atoms with Crippen molar-refractivity contribution in [2.45, 2.75) is 77.6 Å². The van der Waals surface area contributed by atoms with Crippen molar-refractivity contribution in [3.63, 3.8) is 0 Å². The molecule has 0 aliphatic carbocycles. The molecule has 0 fully saturated rings. The number of unbranched alkanes of at least 4 members (excludes halogenated alkanes) is 9. The van der Waals surface area contributed by atoms with E-state index in [4.69, 9.17) is 14.9 Å². The summed E-state index contributed by atoms with van der Waals surface area (Å²) in [5.74, 6) is 0. The molecular formula is C19H41NO3. The quantitative estimate of drug-likeness (QED) is 0.355. The SMILES string of the molecule is CCCCCCCCCCCCOCCCN(CCO)CCO. The van der Waals surface area contributed by atoms with E-state index in [0.717, 1.165) is 26.2 Å². The molecule has 0 amide bonds. The summed E-state index contributed by atoms with van der Waals surface area (Å²) in [6.07, 6.45) is 14.5. The van der Waals surface area contributed by atoms with Crippen LogP contribution < -0.4 is 0 Å². The van der Waals surface area contributed by atoms with Crippen molar-refractivity contribution < 1.29 is 14.9 Å². The predicted octanol–water partition coefficient (Wildman–Crippen LogP) is 3.60. The lowest BCUT2D eigenvalue weighted by Crippen LogP contribution is -2.31. The molecule has 140 valence electrons. The van der Waals surface area contributed by atoms with Gasteiger partial charge in [0, 0.05) is 32.8 Å². The Morgan fingerprint density at radius 2 is 1.09 bits per heavy atom. The molecule has 2 N–H and O–H groups in total. The van der Waals surface area contributed by atoms with Gasteiger partial charge in [0.05, 0.1) is 13.2 Å². The molecule has 0 aromatic carbocycles. The second-order valence-corrected chi connectivity index (χ2v) is 6.44. The summed E-state index contributed by atoms with van der Waals surface area (Å²) in [4.78, 5) is 2.07. The zero-order chi connectivity index (χ0) is 17.0. The fourth-order valence-corrected chi connectivity index (χ4v) is 2.80. The summed E-state index contributed by atoms with van der Waals surface area (Å²) in [5.41, 5.74) is 0. The minimum Gasteiger partial charge on any atom is -0.395 e. The second kappa shape index (κ2) is 19.9. The van der Waals surface area contributed by atoms with Gasteiger partial charge in [-0.15, -0.1) is 0 Å². The van der Waals surface area contributed by atoms with Gasteiger partial charge in [-0.3, -0.25) is 4.90 Å². The minimum absolute atomic E-state index is 0.152. The third-order valence-electron chi connectivity index (χ3n) is 4.24. The monoisotopic (exact) mass is 331 g/mol. The maximum atomic E-state index is 8.92. The van der Waals surface area contributed by atoms with Gasteiger partial charge < -0.3 is 14.9 Å². The zero-order valence-corrected chi connectivity index (χ0v) is 15.5. The molecule has 0 aromatic heterocycles. The largest absolute Gasteiger partial charge is 0.395 e. The molecule has 23 heavy (non-hydrogen) atoms. The van der Waals surface area contributed by atoms with Crippen molar-refractivity contribution in [1.82, 2.24) is 4.90 Å². The highest BCUT2D eigenvalue weighted by molar-refractivity contribution is 4.56. The Morgan fingerprint density at radius 1 is 0.609 bits per heavy atom. The summed E-state index contributed by atoms with van der Waals surface area (Å²) in [6, 6.07) is 0. The van der Waals surface area contributed by atoms with Crippen LogP contribution in [0.25, 0.3) is 0 Å². The average molecular weight is 332 g/mol. The molecule has 0 unspecified atom stereocenters. The van der Waals surface area contributed by atoms with Crippen LogP contribution in [0.5, 0.6) is 0 Å². The van der Waals surface area contributed by atoms with E-state index in [1.807, 2.05) is 0 Å². The van der Waals surface area contributed by atoms with Gasteiger partial charge in [0.25, 0.3) is 0 Å². The Labute approximate surface area is 144 Å². The van der Waals surface area contributed by atoms with E-state index >= 15 is 0 Å². The van der Waals surface area contributed by atoms with Crippen molar-refractivity contribution in [3.05, 3.63) is 0 Å². The van der Waals surface area contributed by atoms with E-state index in [0.29, 0.717) is 13.1 Å². The topological polar surface area (TPSA) is 52.9 Å². The molecule has 0 aliphatic rings. The predicted molar refractivity (Wildman–Crippen MR) is 97.9 cm³/mol. The van der Waals surface area contributed by atoms with E-state index < -0.39 is 0 Å². The first-order valence-electron chi connectivity index (χ1n) is 9.87. The van der Waals surface area contributed by atoms with E-state index in [2.05, 4.69) is 11.8 Å². The van der Waals surface area contributed by atoms with Gasteiger partial charge in [0.2, 0.25) is 0 Å². The molecule has 0 aliphatic heterocycles. The third kappa shape index (κ3) is 18.0. The molecule has 0 radical (unpaired) electrons. The smallest absolute Gasteiger partial charge is 0.0558 e. The standard InChI is InChI=1S/C19H41NO3/c1-2-3-4-5-6-7-8-9-10-11-18-23-19-12-13-20(14-16-21)15-17-22/h21-22H,2-19H2,1H3. The van der Waals surface area contributed by atoms with Crippen LogP contribution in [-0.4, -0.2) is 61.2 Å². The molecule has 0 saturated heterocycles. The molecule has 0 heterocycles. The Hall–Kier alpha value is -0.160. The van der Waals surface area contributed by atoms with E-state index in [1.165, 1.54) is 64.2 Å². The van der Waals surface area contributed by atoms with Crippen LogP contribution in [0.3, 0.4) is 0 Å². The van der Waals surface area contributed by atoms with Gasteiger partial charge in [0.1, 0.15) is 0 Å². The summed E-state index contributed by atoms with van der Waals surface area (Å²) < 4.78 is 5.66. The summed E-state index contributed by atoms with van der Waals surface area (Å²) in [5, 5.41) is 17.8. The van der Waals surface area contributed by atoms with Crippen LogP contribution in [-0.2, 0) is 4.74 Å². The highest BCUT2D eigenvalue weighted by Crippen LogP contribution is 2.10. The maximum absolute atomic E-state index is 8.92. The fraction of sp³-hybridized carbons (Fsp3) is 1.00. The molecule has 4 nitrogen and oxygen atoms in total. The highest BCUT2D eigenvalue weighted by Gasteiger charge is 2.02. The lowest BCUT2D eigenvalue weighted by atomic mass is 10.1. The van der Waals surface area contributed by atoms with Crippen LogP contribution in [0.2, 0.25) is 0 Å². The van der Waals surface area contributed by atoms with Crippen LogP contribution in [0, 0.1) is 0 Å². The Morgan fingerprint density at radius 3 is 1.61 bits per heavy atom. The van der Waals surface area contributed by atoms with Crippen LogP contribution >= 0.6 is 0 Å². The third-order valence-corrected chi connectivity index (χ3v) is 4.24. The lowest BCUT2D eigenvalue weighted by Gasteiger charge is -2.19. The van der Waals surface area contributed by atoms with Gasteiger partial charge in [-0.05, 0) is 12.8 Å². The second-order valence-electron chi connectivity index (χ2n) is 6.44. The van der Waals surface area contributed by atoms with Gasteiger partial charge in [-0.1, -0.05) is 64.7 Å². The molecule has 0 saturated carbocycles. The van der Waals surface area contributed by atoms with Crippen molar-refractivity contribution in [2.24, 2.45) is 0 Å². The normalized spacial score (nSPS) is 11.5. The van der Waals surface area contributed by atoms with Crippen molar-refractivity contribution in [3.8, 4) is 0 Å². The molecule has 0 spiro atoms. The highest BCUT2D eigenvalue weighted by atomic mass is 16.5. The first-order chi connectivity index (χ1) is 11.3. The van der Waals surface area contributed by atoms with Crippen molar-refractivity contribution >= 4 is 0 Å². The van der Waals surface area contributed by atoms with Crippen LogP contribution in [0.15, 0.2) is 0 Å². The maximum Gasteiger partial charge on any atom is 0.0558 e. The molecule has 0 bridgehead atoms. The number of hydrogen-bond donors (Lipinski definition) is 2. The number of hydrogen-bond acceptors (Lipinski definition) is 4. The molecular weight excluding hydrogens is 290 g/mol. The number of aliphatic hydroxyl groups excluding tert-OH is 2. The molecule has 0 aromatic rings. The van der Waals surface area contributed by atoms with Crippen molar-refractivity contribution in [2.75, 3.05) is 46.1 Å². The summed E-state index contributed by atoms with van der Waals surface area (Å²) in [7, 11) is 0. The average Bonchev–Trinajstić information content (AvgIpc) is 2.55. The van der Waals surface area contributed by atoms with Crippen LogP contribution in [0.4, 0.5) is 0 Å². The van der Waals surface area contributed by atoms with Gasteiger partial charge >= 0.3 is 0 Å². The van der Waals surface area contributed by atoms with E-state index in [9.17, 15) is 0 Å². The van der Waals surface area contributed by atoms with Crippen molar-refractivity contribution in [1.29, 1.82) is 0 Å². The van der Waals surface area contributed by atoms with Crippen LogP contribution in [0.1, 0.15) is 77.6 Å². The zero-order valence-electron chi connectivity index (χ0n) is 15.5. The molecule has 4 heteroatoms. The Kier molecular flexibility index (Phi) is 19.7. The summed E-state index contributed by atoms with van der Waals surface area (Å²) in [6.45, 7) is 6.39. The van der Waals surface area contributed by atoms with Gasteiger partial charge in [0.15, 0.2) is 0 Å². The Bertz CT molecular complexity index is 209. The van der Waals surface area contributed by atoms with Gasteiger partial charge in [-0.25, -0.2) is 0 Å². The lowest BCUT2D eigenvalue weighted by molar-refractivity contribution is 0.107. The molecule has 0 atom stereocenters.